The number of fused-ring (bicyclic) bond motifs is 1. The van der Waals surface area contributed by atoms with E-state index in [0.717, 1.165) is 22.0 Å². The van der Waals surface area contributed by atoms with Gasteiger partial charge >= 0.3 is 0 Å². The van der Waals surface area contributed by atoms with E-state index in [9.17, 15) is 5.11 Å². The summed E-state index contributed by atoms with van der Waals surface area (Å²) in [7, 11) is 0. The number of para-hydroxylation sites is 1. The average molecular weight is 248 g/mol. The molecule has 0 unspecified atom stereocenters. The van der Waals surface area contributed by atoms with Crippen molar-refractivity contribution in [3.63, 3.8) is 0 Å². The van der Waals surface area contributed by atoms with Gasteiger partial charge in [0.05, 0.1) is 0 Å². The van der Waals surface area contributed by atoms with Gasteiger partial charge in [-0.1, -0.05) is 60.7 Å². The van der Waals surface area contributed by atoms with E-state index in [-0.39, 0.29) is 5.88 Å². The maximum absolute atomic E-state index is 11.9. The van der Waals surface area contributed by atoms with Crippen molar-refractivity contribution in [2.24, 2.45) is 0 Å². The first-order chi connectivity index (χ1) is 9.34. The SMILES string of the molecule is [O-]c1[nH]c2ccccc2c1C/C=C/c1ccccc1. The standard InChI is InChI=1S/C17H15NO/c19-17-15(14-10-4-5-12-16(14)18-17)11-6-9-13-7-2-1-3-8-13/h1-10,12,18-19H,11H2/p-1/b9-6+. The highest BCUT2D eigenvalue weighted by atomic mass is 16.3. The van der Waals surface area contributed by atoms with E-state index in [2.05, 4.69) is 4.98 Å². The summed E-state index contributed by atoms with van der Waals surface area (Å²) < 4.78 is 0. The summed E-state index contributed by atoms with van der Waals surface area (Å²) in [6, 6.07) is 17.9. The Labute approximate surface area is 112 Å². The molecule has 0 aliphatic heterocycles. The van der Waals surface area contributed by atoms with Crippen LogP contribution >= 0.6 is 0 Å². The molecular weight excluding hydrogens is 234 g/mol. The zero-order valence-corrected chi connectivity index (χ0v) is 10.5. The highest BCUT2D eigenvalue weighted by Crippen LogP contribution is 2.25. The molecule has 2 aromatic carbocycles. The molecule has 0 fully saturated rings. The first-order valence-electron chi connectivity index (χ1n) is 6.33. The maximum atomic E-state index is 11.9. The van der Waals surface area contributed by atoms with Gasteiger partial charge in [-0.3, -0.25) is 0 Å². The number of benzene rings is 2. The molecule has 1 aromatic heterocycles. The van der Waals surface area contributed by atoms with E-state index in [4.69, 9.17) is 0 Å². The number of aromatic amines is 1. The van der Waals surface area contributed by atoms with Crippen molar-refractivity contribution in [1.82, 2.24) is 4.98 Å². The van der Waals surface area contributed by atoms with Gasteiger partial charge < -0.3 is 10.1 Å². The number of hydrogen-bond donors (Lipinski definition) is 1. The largest absolute Gasteiger partial charge is 0.860 e. The van der Waals surface area contributed by atoms with Crippen LogP contribution in [0.5, 0.6) is 5.88 Å². The van der Waals surface area contributed by atoms with Crippen molar-refractivity contribution in [3.8, 4) is 5.88 Å². The topological polar surface area (TPSA) is 38.8 Å². The summed E-state index contributed by atoms with van der Waals surface area (Å²) in [5.74, 6) is 0.0129. The predicted octanol–water partition coefficient (Wildman–Crippen LogP) is 3.50. The first kappa shape index (κ1) is 11.6. The minimum absolute atomic E-state index is 0.0129. The van der Waals surface area contributed by atoms with Gasteiger partial charge in [0.25, 0.3) is 0 Å². The smallest absolute Gasteiger partial charge is 0.0451 e. The molecule has 2 heteroatoms. The molecule has 2 nitrogen and oxygen atoms in total. The Bertz CT molecular complexity index is 710. The zero-order valence-electron chi connectivity index (χ0n) is 10.5. The Morgan fingerprint density at radius 2 is 1.68 bits per heavy atom. The molecule has 0 saturated heterocycles. The molecule has 3 rings (SSSR count). The van der Waals surface area contributed by atoms with Crippen molar-refractivity contribution in [2.45, 2.75) is 6.42 Å². The number of allylic oxidation sites excluding steroid dienone is 1. The highest BCUT2D eigenvalue weighted by Gasteiger charge is 2.02. The van der Waals surface area contributed by atoms with E-state index in [1.165, 1.54) is 0 Å². The molecule has 0 saturated carbocycles. The molecular formula is C17H14NO-. The fraction of sp³-hybridized carbons (Fsp3) is 0.0588. The van der Waals surface area contributed by atoms with E-state index in [0.29, 0.717) is 6.42 Å². The summed E-state index contributed by atoms with van der Waals surface area (Å²) in [6.45, 7) is 0. The fourth-order valence-electron chi connectivity index (χ4n) is 2.26. The number of aromatic nitrogens is 1. The molecule has 0 radical (unpaired) electrons. The molecule has 0 spiro atoms. The Balaban J connectivity index is 1.86. The monoisotopic (exact) mass is 248 g/mol. The molecule has 3 aromatic rings. The van der Waals surface area contributed by atoms with Gasteiger partial charge in [-0.2, -0.15) is 0 Å². The number of rotatable bonds is 3. The molecule has 1 N–H and O–H groups in total. The Morgan fingerprint density at radius 3 is 2.53 bits per heavy atom. The van der Waals surface area contributed by atoms with E-state index in [1.54, 1.807) is 0 Å². The van der Waals surface area contributed by atoms with Crippen LogP contribution in [0.3, 0.4) is 0 Å². The highest BCUT2D eigenvalue weighted by molar-refractivity contribution is 5.85. The first-order valence-corrected chi connectivity index (χ1v) is 6.33. The zero-order chi connectivity index (χ0) is 13.1. The van der Waals surface area contributed by atoms with Crippen molar-refractivity contribution in [3.05, 3.63) is 71.8 Å². The Morgan fingerprint density at radius 1 is 0.947 bits per heavy atom. The maximum Gasteiger partial charge on any atom is 0.0451 e. The Kier molecular flexibility index (Phi) is 3.07. The molecule has 94 valence electrons. The number of H-pyrrole nitrogens is 1. The molecule has 0 aliphatic rings. The van der Waals surface area contributed by atoms with Gasteiger partial charge in [0.15, 0.2) is 0 Å². The summed E-state index contributed by atoms with van der Waals surface area (Å²) in [5, 5.41) is 12.9. The minimum Gasteiger partial charge on any atom is -0.860 e. The number of nitrogens with one attached hydrogen (secondary N) is 1. The third-order valence-corrected chi connectivity index (χ3v) is 3.21. The van der Waals surface area contributed by atoms with Crippen LogP contribution in [-0.2, 0) is 6.42 Å². The summed E-state index contributed by atoms with van der Waals surface area (Å²) in [6.07, 6.45) is 4.73. The molecule has 0 amide bonds. The predicted molar refractivity (Wildman–Crippen MR) is 76.9 cm³/mol. The van der Waals surface area contributed by atoms with Gasteiger partial charge in [0.2, 0.25) is 0 Å². The summed E-state index contributed by atoms with van der Waals surface area (Å²) >= 11 is 0. The summed E-state index contributed by atoms with van der Waals surface area (Å²) in [5.41, 5.74) is 2.90. The van der Waals surface area contributed by atoms with Gasteiger partial charge in [-0.25, -0.2) is 0 Å². The summed E-state index contributed by atoms with van der Waals surface area (Å²) in [4.78, 5) is 2.89. The molecule has 1 heterocycles. The van der Waals surface area contributed by atoms with Crippen LogP contribution in [0, 0.1) is 0 Å². The normalized spacial score (nSPS) is 11.4. The van der Waals surface area contributed by atoms with Gasteiger partial charge in [-0.15, -0.1) is 0 Å². The van der Waals surface area contributed by atoms with Crippen LogP contribution in [0.1, 0.15) is 11.1 Å². The van der Waals surface area contributed by atoms with Crippen molar-refractivity contribution in [2.75, 3.05) is 0 Å². The van der Waals surface area contributed by atoms with Crippen molar-refractivity contribution < 1.29 is 5.11 Å². The second-order valence-electron chi connectivity index (χ2n) is 4.50. The quantitative estimate of drug-likeness (QED) is 0.757. The van der Waals surface area contributed by atoms with Crippen LogP contribution in [-0.4, -0.2) is 4.98 Å². The lowest BCUT2D eigenvalue weighted by Crippen LogP contribution is -1.93. The molecule has 0 aliphatic carbocycles. The minimum atomic E-state index is 0.0129. The lowest BCUT2D eigenvalue weighted by atomic mass is 10.1. The van der Waals surface area contributed by atoms with Gasteiger partial charge in [-0.05, 0) is 29.5 Å². The average Bonchev–Trinajstić information content (AvgIpc) is 2.76. The second kappa shape index (κ2) is 5.02. The van der Waals surface area contributed by atoms with Crippen LogP contribution in [0.25, 0.3) is 17.0 Å². The third kappa shape index (κ3) is 2.38. The van der Waals surface area contributed by atoms with Gasteiger partial charge in [0.1, 0.15) is 0 Å². The fourth-order valence-corrected chi connectivity index (χ4v) is 2.26. The van der Waals surface area contributed by atoms with Crippen molar-refractivity contribution >= 4 is 17.0 Å². The van der Waals surface area contributed by atoms with Crippen LogP contribution in [0.15, 0.2) is 60.7 Å². The number of hydrogen-bond acceptors (Lipinski definition) is 1. The second-order valence-corrected chi connectivity index (χ2v) is 4.50. The van der Waals surface area contributed by atoms with Crippen LogP contribution < -0.4 is 5.11 Å². The van der Waals surface area contributed by atoms with Gasteiger partial charge in [0, 0.05) is 10.9 Å². The third-order valence-electron chi connectivity index (χ3n) is 3.21. The van der Waals surface area contributed by atoms with E-state index < -0.39 is 0 Å². The Hall–Kier alpha value is -2.48. The molecule has 0 atom stereocenters. The van der Waals surface area contributed by atoms with Crippen LogP contribution in [0.4, 0.5) is 0 Å². The lowest BCUT2D eigenvalue weighted by Gasteiger charge is -2.04. The van der Waals surface area contributed by atoms with Crippen molar-refractivity contribution in [1.29, 1.82) is 0 Å². The van der Waals surface area contributed by atoms with Crippen LogP contribution in [0.2, 0.25) is 0 Å². The molecule has 0 bridgehead atoms. The lowest BCUT2D eigenvalue weighted by molar-refractivity contribution is -0.275. The van der Waals surface area contributed by atoms with E-state index >= 15 is 0 Å². The van der Waals surface area contributed by atoms with E-state index in [1.807, 2.05) is 66.7 Å². The molecule has 19 heavy (non-hydrogen) atoms.